The van der Waals surface area contributed by atoms with Crippen molar-refractivity contribution < 1.29 is 28.4 Å². The molecule has 1 amide bonds. The van der Waals surface area contributed by atoms with E-state index in [2.05, 4.69) is 0 Å². The lowest BCUT2D eigenvalue weighted by Gasteiger charge is -2.20. The molecule has 2 aromatic carbocycles. The molecule has 9 heteroatoms. The molecule has 0 spiro atoms. The second-order valence-corrected chi connectivity index (χ2v) is 5.33. The van der Waals surface area contributed by atoms with Gasteiger partial charge in [0, 0.05) is 18.3 Å². The number of ether oxygens (including phenoxy) is 2. The first-order chi connectivity index (χ1) is 12.9. The number of halogens is 1. The van der Waals surface area contributed by atoms with E-state index in [1.54, 1.807) is 6.92 Å². The topological polar surface area (TPSA) is 99.0 Å². The molecular weight excluding hydrogens is 359 g/mol. The average Bonchev–Trinajstić information content (AvgIpc) is 2.67. The number of anilines is 1. The molecule has 27 heavy (non-hydrogen) atoms. The summed E-state index contributed by atoms with van der Waals surface area (Å²) in [5.41, 5.74) is -0.0139. The van der Waals surface area contributed by atoms with Gasteiger partial charge in [0.05, 0.1) is 17.6 Å². The fourth-order valence-corrected chi connectivity index (χ4v) is 2.37. The zero-order chi connectivity index (χ0) is 20.0. The Labute approximate surface area is 154 Å². The quantitative estimate of drug-likeness (QED) is 0.418. The van der Waals surface area contributed by atoms with E-state index in [1.165, 1.54) is 48.4 Å². The van der Waals surface area contributed by atoms with Crippen LogP contribution >= 0.6 is 0 Å². The van der Waals surface area contributed by atoms with Crippen LogP contribution in [0.15, 0.2) is 42.5 Å². The maximum absolute atomic E-state index is 13.0. The number of carbonyl (C=O) groups is 2. The van der Waals surface area contributed by atoms with Crippen molar-refractivity contribution in [1.29, 1.82) is 0 Å². The van der Waals surface area contributed by atoms with E-state index < -0.39 is 29.2 Å². The maximum atomic E-state index is 13.0. The molecule has 0 N–H and O–H groups in total. The highest BCUT2D eigenvalue weighted by Gasteiger charge is 2.21. The van der Waals surface area contributed by atoms with Crippen molar-refractivity contribution in [3.63, 3.8) is 0 Å². The Morgan fingerprint density at radius 1 is 1.19 bits per heavy atom. The number of likely N-dealkylation sites (N-methyl/N-ethyl adjacent to an activating group) is 1. The van der Waals surface area contributed by atoms with Crippen molar-refractivity contribution in [2.24, 2.45) is 0 Å². The summed E-state index contributed by atoms with van der Waals surface area (Å²) >= 11 is 0. The Morgan fingerprint density at radius 3 is 2.41 bits per heavy atom. The predicted octanol–water partition coefficient (Wildman–Crippen LogP) is 2.95. The first-order valence-electron chi connectivity index (χ1n) is 7.92. The van der Waals surface area contributed by atoms with Gasteiger partial charge < -0.3 is 14.4 Å². The number of rotatable bonds is 7. The first-order valence-corrected chi connectivity index (χ1v) is 7.92. The number of hydrogen-bond acceptors (Lipinski definition) is 6. The fraction of sp³-hybridized carbons (Fsp3) is 0.222. The molecule has 0 radical (unpaired) electrons. The molecule has 0 aromatic heterocycles. The second kappa shape index (κ2) is 8.75. The van der Waals surface area contributed by atoms with Crippen LogP contribution in [0.3, 0.4) is 0 Å². The largest absolute Gasteiger partial charge is 0.490 e. The molecule has 0 heterocycles. The molecule has 2 aromatic rings. The van der Waals surface area contributed by atoms with Gasteiger partial charge in [0.2, 0.25) is 0 Å². The van der Waals surface area contributed by atoms with Gasteiger partial charge in [-0.25, -0.2) is 9.18 Å². The number of hydrogen-bond donors (Lipinski definition) is 0. The monoisotopic (exact) mass is 376 g/mol. The summed E-state index contributed by atoms with van der Waals surface area (Å²) in [5.74, 6) is -1.83. The lowest BCUT2D eigenvalue weighted by Crippen LogP contribution is -2.34. The highest BCUT2D eigenvalue weighted by molar-refractivity contribution is 5.97. The van der Waals surface area contributed by atoms with Crippen LogP contribution in [-0.2, 0) is 9.53 Å². The van der Waals surface area contributed by atoms with Crippen LogP contribution in [0.4, 0.5) is 15.8 Å². The van der Waals surface area contributed by atoms with Crippen molar-refractivity contribution in [2.45, 2.75) is 6.92 Å². The van der Waals surface area contributed by atoms with Gasteiger partial charge in [0.15, 0.2) is 12.4 Å². The summed E-state index contributed by atoms with van der Waals surface area (Å²) < 4.78 is 22.8. The van der Waals surface area contributed by atoms with Gasteiger partial charge in [0.25, 0.3) is 5.91 Å². The summed E-state index contributed by atoms with van der Waals surface area (Å²) in [4.78, 5) is 36.1. The van der Waals surface area contributed by atoms with Crippen LogP contribution < -0.4 is 9.64 Å². The third-order valence-corrected chi connectivity index (χ3v) is 3.69. The molecule has 0 unspecified atom stereocenters. The summed E-state index contributed by atoms with van der Waals surface area (Å²) in [6, 6.07) is 8.89. The van der Waals surface area contributed by atoms with Crippen LogP contribution in [0.1, 0.15) is 17.3 Å². The number of amides is 1. The lowest BCUT2D eigenvalue weighted by molar-refractivity contribution is -0.385. The van der Waals surface area contributed by atoms with Gasteiger partial charge in [-0.05, 0) is 43.3 Å². The second-order valence-electron chi connectivity index (χ2n) is 5.33. The van der Waals surface area contributed by atoms with Crippen LogP contribution in [0.25, 0.3) is 0 Å². The maximum Gasteiger partial charge on any atom is 0.338 e. The van der Waals surface area contributed by atoms with E-state index in [-0.39, 0.29) is 23.5 Å². The molecule has 8 nitrogen and oxygen atoms in total. The van der Waals surface area contributed by atoms with E-state index in [0.717, 1.165) is 6.07 Å². The molecule has 0 saturated heterocycles. The van der Waals surface area contributed by atoms with E-state index in [4.69, 9.17) is 9.47 Å². The Bertz CT molecular complexity index is 853. The van der Waals surface area contributed by atoms with E-state index in [9.17, 15) is 24.1 Å². The molecule has 0 bridgehead atoms. The molecule has 0 atom stereocenters. The van der Waals surface area contributed by atoms with Crippen LogP contribution in [0.2, 0.25) is 0 Å². The number of benzene rings is 2. The average molecular weight is 376 g/mol. The van der Waals surface area contributed by atoms with E-state index >= 15 is 0 Å². The third-order valence-electron chi connectivity index (χ3n) is 3.69. The highest BCUT2D eigenvalue weighted by Crippen LogP contribution is 2.27. The van der Waals surface area contributed by atoms with Crippen molar-refractivity contribution in [1.82, 2.24) is 0 Å². The zero-order valence-corrected chi connectivity index (χ0v) is 14.7. The number of esters is 1. The minimum Gasteiger partial charge on any atom is -0.490 e. The van der Waals surface area contributed by atoms with Crippen molar-refractivity contribution >= 4 is 23.3 Å². The molecule has 0 aliphatic rings. The number of nitrogens with zero attached hydrogens (tertiary/aromatic N) is 2. The van der Waals surface area contributed by atoms with Gasteiger partial charge in [-0.3, -0.25) is 14.9 Å². The molecule has 0 saturated carbocycles. The number of methoxy groups -OCH3 is 1. The Balaban J connectivity index is 2.07. The molecule has 0 aliphatic carbocycles. The van der Waals surface area contributed by atoms with Gasteiger partial charge in [-0.15, -0.1) is 0 Å². The molecule has 2 rings (SSSR count). The first kappa shape index (κ1) is 19.8. The smallest absolute Gasteiger partial charge is 0.338 e. The summed E-state index contributed by atoms with van der Waals surface area (Å²) in [5, 5.41) is 11.0. The summed E-state index contributed by atoms with van der Waals surface area (Å²) in [6.45, 7) is 1.44. The third kappa shape index (κ3) is 4.78. The minimum atomic E-state index is -0.885. The van der Waals surface area contributed by atoms with E-state index in [1.807, 2.05) is 0 Å². The van der Waals surface area contributed by atoms with Crippen molar-refractivity contribution in [3.8, 4) is 5.75 Å². The normalized spacial score (nSPS) is 10.2. The Hall–Kier alpha value is -3.49. The Kier molecular flexibility index (Phi) is 6.42. The number of carbonyl (C=O) groups excluding carboxylic acids is 2. The van der Waals surface area contributed by atoms with Gasteiger partial charge in [0.1, 0.15) is 5.82 Å². The zero-order valence-electron chi connectivity index (χ0n) is 14.7. The SMILES string of the molecule is CCN(C(=O)COC(=O)c1ccc(OC)c([N+](=O)[O-])c1)c1ccc(F)cc1. The van der Waals surface area contributed by atoms with Gasteiger partial charge in [-0.1, -0.05) is 0 Å². The minimum absolute atomic E-state index is 0.00101. The van der Waals surface area contributed by atoms with Crippen LogP contribution in [-0.4, -0.2) is 37.1 Å². The van der Waals surface area contributed by atoms with Crippen molar-refractivity contribution in [3.05, 3.63) is 64.0 Å². The number of nitro benzene ring substituents is 1. The van der Waals surface area contributed by atoms with Crippen molar-refractivity contribution in [2.75, 3.05) is 25.2 Å². The molecule has 0 fully saturated rings. The lowest BCUT2D eigenvalue weighted by atomic mass is 10.2. The van der Waals surface area contributed by atoms with Crippen LogP contribution in [0.5, 0.6) is 5.75 Å². The number of nitro groups is 1. The highest BCUT2D eigenvalue weighted by atomic mass is 19.1. The Morgan fingerprint density at radius 2 is 1.85 bits per heavy atom. The van der Waals surface area contributed by atoms with E-state index in [0.29, 0.717) is 5.69 Å². The molecular formula is C18H17FN2O6. The van der Waals surface area contributed by atoms with Gasteiger partial charge >= 0.3 is 11.7 Å². The standard InChI is InChI=1S/C18H17FN2O6/c1-3-20(14-7-5-13(19)6-8-14)17(22)11-27-18(23)12-4-9-16(26-2)15(10-12)21(24)25/h4-10H,3,11H2,1-2H3. The summed E-state index contributed by atoms with van der Waals surface area (Å²) in [7, 11) is 1.27. The fourth-order valence-electron chi connectivity index (χ4n) is 2.37. The predicted molar refractivity (Wildman–Crippen MR) is 94.4 cm³/mol. The van der Waals surface area contributed by atoms with Gasteiger partial charge in [-0.2, -0.15) is 0 Å². The summed E-state index contributed by atoms with van der Waals surface area (Å²) in [6.07, 6.45) is 0. The van der Waals surface area contributed by atoms with Crippen LogP contribution in [0, 0.1) is 15.9 Å². The molecule has 142 valence electrons. The molecule has 0 aliphatic heterocycles.